The molecule has 0 bridgehead atoms. The molecule has 1 fully saturated rings. The number of Topliss-reactive ketones (excluding diaryl/α,β-unsaturated/α-hetero) is 1. The van der Waals surface area contributed by atoms with E-state index >= 15 is 0 Å². The van der Waals surface area contributed by atoms with E-state index in [0.717, 1.165) is 17.9 Å². The number of hydrogen-bond donors (Lipinski definition) is 2. The first kappa shape index (κ1) is 14.5. The molecule has 1 aliphatic rings. The first-order chi connectivity index (χ1) is 8.07. The van der Waals surface area contributed by atoms with E-state index in [0.29, 0.717) is 0 Å². The summed E-state index contributed by atoms with van der Waals surface area (Å²) in [5.41, 5.74) is 0. The van der Waals surface area contributed by atoms with E-state index < -0.39 is 12.0 Å². The van der Waals surface area contributed by atoms with Crippen molar-refractivity contribution >= 4 is 23.5 Å². The van der Waals surface area contributed by atoms with Crippen LogP contribution in [0.4, 0.5) is 0 Å². The Labute approximate surface area is 107 Å². The normalized spacial score (nSPS) is 28.2. The van der Waals surface area contributed by atoms with Crippen LogP contribution >= 0.6 is 11.8 Å². The van der Waals surface area contributed by atoms with Crippen LogP contribution in [-0.2, 0) is 9.59 Å². The highest BCUT2D eigenvalue weighted by atomic mass is 32.2. The van der Waals surface area contributed by atoms with Gasteiger partial charge >= 0.3 is 0 Å². The summed E-state index contributed by atoms with van der Waals surface area (Å²) in [6, 6.07) is -0.259. The van der Waals surface area contributed by atoms with E-state index in [1.54, 1.807) is 0 Å². The Morgan fingerprint density at radius 2 is 2.18 bits per heavy atom. The maximum Gasteiger partial charge on any atom is 0.233 e. The molecule has 5 heteroatoms. The van der Waals surface area contributed by atoms with E-state index in [4.69, 9.17) is 0 Å². The lowest BCUT2D eigenvalue weighted by Crippen LogP contribution is -2.33. The minimum atomic E-state index is -0.861. The molecule has 0 aliphatic carbocycles. The number of carbonyl (C=O) groups excluding carboxylic acids is 2. The number of unbranched alkanes of at least 4 members (excludes halogenated alkanes) is 1. The summed E-state index contributed by atoms with van der Waals surface area (Å²) in [5, 5.41) is 12.6. The lowest BCUT2D eigenvalue weighted by molar-refractivity contribution is -0.132. The van der Waals surface area contributed by atoms with Crippen molar-refractivity contribution in [2.24, 2.45) is 5.92 Å². The summed E-state index contributed by atoms with van der Waals surface area (Å²) < 4.78 is 0. The topological polar surface area (TPSA) is 66.4 Å². The van der Waals surface area contributed by atoms with Gasteiger partial charge in [0, 0.05) is 0 Å². The van der Waals surface area contributed by atoms with Gasteiger partial charge in [0.05, 0.1) is 12.1 Å². The van der Waals surface area contributed by atoms with Gasteiger partial charge in [-0.3, -0.25) is 9.59 Å². The SMILES string of the molecule is CCCCSCCC1NC(=O)C(C(C)=O)C1O. The summed E-state index contributed by atoms with van der Waals surface area (Å²) in [6.07, 6.45) is 2.25. The smallest absolute Gasteiger partial charge is 0.233 e. The highest BCUT2D eigenvalue weighted by Gasteiger charge is 2.43. The average Bonchev–Trinajstić information content (AvgIpc) is 2.53. The van der Waals surface area contributed by atoms with Crippen molar-refractivity contribution in [3.8, 4) is 0 Å². The molecule has 1 rings (SSSR count). The molecule has 3 unspecified atom stereocenters. The summed E-state index contributed by atoms with van der Waals surface area (Å²) in [4.78, 5) is 22.7. The van der Waals surface area contributed by atoms with Crippen LogP contribution in [0, 0.1) is 5.92 Å². The maximum absolute atomic E-state index is 11.5. The fourth-order valence-electron chi connectivity index (χ4n) is 1.97. The number of hydrogen-bond acceptors (Lipinski definition) is 4. The van der Waals surface area contributed by atoms with Gasteiger partial charge in [0.2, 0.25) is 5.91 Å². The van der Waals surface area contributed by atoms with Gasteiger partial charge in [-0.25, -0.2) is 0 Å². The number of aliphatic hydroxyl groups is 1. The molecule has 1 saturated heterocycles. The van der Waals surface area contributed by atoms with Gasteiger partial charge in [-0.15, -0.1) is 0 Å². The van der Waals surface area contributed by atoms with E-state index in [1.807, 2.05) is 11.8 Å². The van der Waals surface area contributed by atoms with Crippen molar-refractivity contribution in [3.05, 3.63) is 0 Å². The quantitative estimate of drug-likeness (QED) is 0.528. The van der Waals surface area contributed by atoms with E-state index in [2.05, 4.69) is 12.2 Å². The van der Waals surface area contributed by atoms with Crippen LogP contribution in [0.5, 0.6) is 0 Å². The van der Waals surface area contributed by atoms with Crippen molar-refractivity contribution in [2.75, 3.05) is 11.5 Å². The van der Waals surface area contributed by atoms with Crippen LogP contribution in [0.25, 0.3) is 0 Å². The fourth-order valence-corrected chi connectivity index (χ4v) is 3.09. The second-order valence-corrected chi connectivity index (χ2v) is 5.67. The van der Waals surface area contributed by atoms with Gasteiger partial charge in [0.1, 0.15) is 11.7 Å². The lowest BCUT2D eigenvalue weighted by Gasteiger charge is -2.15. The van der Waals surface area contributed by atoms with Crippen LogP contribution in [0.15, 0.2) is 0 Å². The van der Waals surface area contributed by atoms with E-state index in [1.165, 1.54) is 19.8 Å². The predicted octanol–water partition coefficient (Wildman–Crippen LogP) is 0.974. The predicted molar refractivity (Wildman–Crippen MR) is 69.0 cm³/mol. The van der Waals surface area contributed by atoms with Crippen molar-refractivity contribution in [1.82, 2.24) is 5.32 Å². The molecule has 0 aromatic heterocycles. The minimum absolute atomic E-state index is 0.254. The highest BCUT2D eigenvalue weighted by Crippen LogP contribution is 2.21. The zero-order chi connectivity index (χ0) is 12.8. The lowest BCUT2D eigenvalue weighted by atomic mass is 9.96. The van der Waals surface area contributed by atoms with E-state index in [-0.39, 0.29) is 17.7 Å². The molecule has 0 aromatic rings. The molecule has 17 heavy (non-hydrogen) atoms. The van der Waals surface area contributed by atoms with Crippen molar-refractivity contribution in [1.29, 1.82) is 0 Å². The maximum atomic E-state index is 11.5. The standard InChI is InChI=1S/C12H21NO3S/c1-3-4-6-17-7-5-9-11(15)10(8(2)14)12(16)13-9/h9-11,15H,3-7H2,1-2H3,(H,13,16). The van der Waals surface area contributed by atoms with Crippen molar-refractivity contribution < 1.29 is 14.7 Å². The van der Waals surface area contributed by atoms with Gasteiger partial charge in [-0.05, 0) is 31.3 Å². The molecule has 3 atom stereocenters. The summed E-state index contributed by atoms with van der Waals surface area (Å²) in [6.45, 7) is 3.50. The Morgan fingerprint density at radius 1 is 1.47 bits per heavy atom. The third kappa shape index (κ3) is 4.00. The molecule has 1 aliphatic heterocycles. The van der Waals surface area contributed by atoms with Crippen LogP contribution in [-0.4, -0.2) is 40.4 Å². The molecule has 0 saturated carbocycles. The number of carbonyl (C=O) groups is 2. The summed E-state index contributed by atoms with van der Waals surface area (Å²) >= 11 is 1.83. The number of rotatable bonds is 7. The zero-order valence-corrected chi connectivity index (χ0v) is 11.3. The van der Waals surface area contributed by atoms with Gasteiger partial charge in [0.15, 0.2) is 0 Å². The third-order valence-corrected chi connectivity index (χ3v) is 4.12. The number of aliphatic hydroxyl groups excluding tert-OH is 1. The number of ketones is 1. The summed E-state index contributed by atoms with van der Waals surface area (Å²) in [7, 11) is 0. The van der Waals surface area contributed by atoms with Crippen molar-refractivity contribution in [3.63, 3.8) is 0 Å². The first-order valence-electron chi connectivity index (χ1n) is 6.14. The Kier molecular flexibility index (Phi) is 5.98. The molecule has 1 amide bonds. The van der Waals surface area contributed by atoms with Gasteiger partial charge in [-0.1, -0.05) is 13.3 Å². The zero-order valence-electron chi connectivity index (χ0n) is 10.4. The van der Waals surface area contributed by atoms with Crippen molar-refractivity contribution in [2.45, 2.75) is 45.3 Å². The molecular formula is C12H21NO3S. The Morgan fingerprint density at radius 3 is 2.71 bits per heavy atom. The molecule has 4 nitrogen and oxygen atoms in total. The Hall–Kier alpha value is -0.550. The molecule has 0 radical (unpaired) electrons. The van der Waals surface area contributed by atoms with Gasteiger partial charge in [-0.2, -0.15) is 11.8 Å². The van der Waals surface area contributed by atoms with E-state index in [9.17, 15) is 14.7 Å². The molecule has 2 N–H and O–H groups in total. The Bertz CT molecular complexity index is 283. The largest absolute Gasteiger partial charge is 0.390 e. The molecule has 0 aromatic carbocycles. The number of nitrogens with one attached hydrogen (secondary N) is 1. The highest BCUT2D eigenvalue weighted by molar-refractivity contribution is 7.99. The minimum Gasteiger partial charge on any atom is -0.390 e. The summed E-state index contributed by atoms with van der Waals surface area (Å²) in [5.74, 6) is 0.584. The van der Waals surface area contributed by atoms with Gasteiger partial charge in [0.25, 0.3) is 0 Å². The van der Waals surface area contributed by atoms with Crippen LogP contribution < -0.4 is 5.32 Å². The monoisotopic (exact) mass is 259 g/mol. The van der Waals surface area contributed by atoms with Crippen LogP contribution in [0.2, 0.25) is 0 Å². The second-order valence-electron chi connectivity index (χ2n) is 4.45. The molecule has 98 valence electrons. The fraction of sp³-hybridized carbons (Fsp3) is 0.833. The first-order valence-corrected chi connectivity index (χ1v) is 7.30. The Balaban J connectivity index is 2.31. The van der Waals surface area contributed by atoms with Gasteiger partial charge < -0.3 is 10.4 Å². The third-order valence-electron chi connectivity index (χ3n) is 3.02. The van der Waals surface area contributed by atoms with Crippen LogP contribution in [0.3, 0.4) is 0 Å². The van der Waals surface area contributed by atoms with Crippen LogP contribution in [0.1, 0.15) is 33.1 Å². The second kappa shape index (κ2) is 7.01. The molecule has 1 heterocycles. The average molecular weight is 259 g/mol. The molecular weight excluding hydrogens is 238 g/mol. The number of thioether (sulfide) groups is 1. The molecule has 0 spiro atoms. The number of amides is 1.